The van der Waals surface area contributed by atoms with Crippen molar-refractivity contribution >= 4 is 23.2 Å². The number of rotatable bonds is 4. The number of fused-ring (bicyclic) bond motifs is 1. The molecule has 4 aliphatic rings. The van der Waals surface area contributed by atoms with E-state index in [0.717, 1.165) is 37.2 Å². The van der Waals surface area contributed by atoms with Crippen molar-refractivity contribution in [3.05, 3.63) is 60.2 Å². The van der Waals surface area contributed by atoms with Gasteiger partial charge in [0.25, 0.3) is 0 Å². The first-order valence-electron chi connectivity index (χ1n) is 12.1. The Hall–Kier alpha value is -3.14. The highest BCUT2D eigenvalue weighted by atomic mass is 16.2. The van der Waals surface area contributed by atoms with E-state index in [9.17, 15) is 9.59 Å². The molecule has 0 aliphatic carbocycles. The van der Waals surface area contributed by atoms with Gasteiger partial charge in [-0.2, -0.15) is 0 Å². The second-order valence-corrected chi connectivity index (χ2v) is 9.84. The molecular weight excluding hydrogens is 430 g/mol. The van der Waals surface area contributed by atoms with Crippen molar-refractivity contribution < 1.29 is 9.59 Å². The zero-order chi connectivity index (χ0) is 23.1. The molecule has 34 heavy (non-hydrogen) atoms. The van der Waals surface area contributed by atoms with Crippen LogP contribution in [0.4, 0.5) is 11.4 Å². The van der Waals surface area contributed by atoms with Gasteiger partial charge in [0, 0.05) is 43.5 Å². The standard InChI is InChI=1S/C25H31N7O2/c33-20-14-25(30-20)10-12-32(13-11-25)18-8-6-17(7-9-18)27-23-21-19(15-26-31-24(21)34)28-22(29-23)16-4-2-1-3-5-16/h1-9,19,21-23,26-29H,10-15H2,(H,30,33)(H,31,34). The molecule has 4 fully saturated rings. The molecular formula is C25H31N7O2. The lowest BCUT2D eigenvalue weighted by molar-refractivity contribution is -0.133. The topological polar surface area (TPSA) is 110 Å². The number of hydrogen-bond acceptors (Lipinski definition) is 7. The molecule has 9 heteroatoms. The van der Waals surface area contributed by atoms with Gasteiger partial charge < -0.3 is 15.5 Å². The number of β-lactam (4-membered cyclic amide) rings is 1. The molecule has 0 radical (unpaired) electrons. The Morgan fingerprint density at radius 2 is 1.68 bits per heavy atom. The fraction of sp³-hybridized carbons (Fsp3) is 0.440. The van der Waals surface area contributed by atoms with Crippen molar-refractivity contribution in [2.75, 3.05) is 29.9 Å². The molecule has 4 heterocycles. The number of hydrazine groups is 1. The summed E-state index contributed by atoms with van der Waals surface area (Å²) in [6.45, 7) is 2.55. The van der Waals surface area contributed by atoms with Gasteiger partial charge in [-0.15, -0.1) is 0 Å². The first kappa shape index (κ1) is 21.4. The van der Waals surface area contributed by atoms with Crippen molar-refractivity contribution in [2.45, 2.75) is 43.2 Å². The Morgan fingerprint density at radius 3 is 2.38 bits per heavy atom. The minimum atomic E-state index is -0.253. The summed E-state index contributed by atoms with van der Waals surface area (Å²) >= 11 is 0. The van der Waals surface area contributed by atoms with Crippen LogP contribution in [0.1, 0.15) is 31.0 Å². The number of anilines is 2. The van der Waals surface area contributed by atoms with E-state index in [1.54, 1.807) is 0 Å². The van der Waals surface area contributed by atoms with Gasteiger partial charge in [0.05, 0.1) is 23.8 Å². The average molecular weight is 462 g/mol. The maximum atomic E-state index is 12.7. The van der Waals surface area contributed by atoms with Crippen LogP contribution in [0.3, 0.4) is 0 Å². The minimum Gasteiger partial charge on any atom is -0.371 e. The zero-order valence-corrected chi connectivity index (χ0v) is 19.0. The highest BCUT2D eigenvalue weighted by Crippen LogP contribution is 2.34. The predicted octanol–water partition coefficient (Wildman–Crippen LogP) is 0.794. The van der Waals surface area contributed by atoms with Gasteiger partial charge in [0.1, 0.15) is 0 Å². The predicted molar refractivity (Wildman–Crippen MR) is 130 cm³/mol. The third-order valence-corrected chi connectivity index (χ3v) is 7.67. The Bertz CT molecular complexity index is 1040. The number of nitrogens with one attached hydrogen (secondary N) is 6. The van der Waals surface area contributed by atoms with Crippen LogP contribution in [0.5, 0.6) is 0 Å². The third kappa shape index (κ3) is 4.00. The largest absolute Gasteiger partial charge is 0.371 e. The lowest BCUT2D eigenvalue weighted by atomic mass is 9.78. The van der Waals surface area contributed by atoms with E-state index in [1.165, 1.54) is 5.69 Å². The molecule has 6 N–H and O–H groups in total. The van der Waals surface area contributed by atoms with Crippen LogP contribution in [0.15, 0.2) is 54.6 Å². The molecule has 0 aromatic heterocycles. The molecule has 178 valence electrons. The Morgan fingerprint density at radius 1 is 0.941 bits per heavy atom. The van der Waals surface area contributed by atoms with E-state index >= 15 is 0 Å². The minimum absolute atomic E-state index is 0.00430. The van der Waals surface area contributed by atoms with Gasteiger partial charge in [-0.25, -0.2) is 5.43 Å². The fourth-order valence-corrected chi connectivity index (χ4v) is 5.73. The number of piperidine rings is 1. The monoisotopic (exact) mass is 461 g/mol. The van der Waals surface area contributed by atoms with Crippen LogP contribution in [0.2, 0.25) is 0 Å². The van der Waals surface area contributed by atoms with E-state index in [-0.39, 0.29) is 41.6 Å². The number of nitrogens with zero attached hydrogens (tertiary/aromatic N) is 1. The number of carbonyl (C=O) groups is 2. The van der Waals surface area contributed by atoms with Crippen molar-refractivity contribution in [2.24, 2.45) is 5.92 Å². The van der Waals surface area contributed by atoms with E-state index in [4.69, 9.17) is 0 Å². The number of amides is 2. The maximum absolute atomic E-state index is 12.7. The Labute approximate surface area is 199 Å². The smallest absolute Gasteiger partial charge is 0.242 e. The van der Waals surface area contributed by atoms with Gasteiger partial charge in [0.2, 0.25) is 11.8 Å². The molecule has 6 rings (SSSR count). The molecule has 2 aromatic carbocycles. The first-order valence-corrected chi connectivity index (χ1v) is 12.1. The van der Waals surface area contributed by atoms with Crippen molar-refractivity contribution in [1.29, 1.82) is 0 Å². The van der Waals surface area contributed by atoms with Gasteiger partial charge in [-0.3, -0.25) is 25.6 Å². The second-order valence-electron chi connectivity index (χ2n) is 9.84. The average Bonchev–Trinajstić information content (AvgIpc) is 2.85. The van der Waals surface area contributed by atoms with E-state index in [0.29, 0.717) is 13.0 Å². The molecule has 9 nitrogen and oxygen atoms in total. The SMILES string of the molecule is O=C1CC2(CCN(c3ccc(NC4NC(c5ccccc5)NC5CNNC(=O)C54)cc3)CC2)N1. The summed E-state index contributed by atoms with van der Waals surface area (Å²) in [5.41, 5.74) is 9.12. The molecule has 4 aliphatic heterocycles. The molecule has 0 bridgehead atoms. The summed E-state index contributed by atoms with van der Waals surface area (Å²) in [6, 6.07) is 18.7. The Kier molecular flexibility index (Phi) is 5.40. The highest BCUT2D eigenvalue weighted by Gasteiger charge is 2.45. The van der Waals surface area contributed by atoms with E-state index < -0.39 is 0 Å². The third-order valence-electron chi connectivity index (χ3n) is 7.67. The molecule has 2 aromatic rings. The molecule has 0 saturated carbocycles. The maximum Gasteiger partial charge on any atom is 0.242 e. The quantitative estimate of drug-likeness (QED) is 0.374. The van der Waals surface area contributed by atoms with Gasteiger partial charge in [0.15, 0.2) is 0 Å². The van der Waals surface area contributed by atoms with Crippen molar-refractivity contribution in [1.82, 2.24) is 26.8 Å². The van der Waals surface area contributed by atoms with Crippen LogP contribution >= 0.6 is 0 Å². The summed E-state index contributed by atoms with van der Waals surface area (Å²) in [4.78, 5) is 26.5. The van der Waals surface area contributed by atoms with E-state index in [1.807, 2.05) is 18.2 Å². The second kappa shape index (κ2) is 8.57. The molecule has 4 unspecified atom stereocenters. The number of benzene rings is 2. The zero-order valence-electron chi connectivity index (χ0n) is 19.0. The summed E-state index contributed by atoms with van der Waals surface area (Å²) in [7, 11) is 0. The van der Waals surface area contributed by atoms with Crippen molar-refractivity contribution in [3.63, 3.8) is 0 Å². The molecule has 1 spiro atoms. The lowest BCUT2D eigenvalue weighted by Gasteiger charge is -2.48. The van der Waals surface area contributed by atoms with Crippen molar-refractivity contribution in [3.8, 4) is 0 Å². The van der Waals surface area contributed by atoms with Crippen LogP contribution < -0.4 is 37.0 Å². The molecule has 4 atom stereocenters. The fourth-order valence-electron chi connectivity index (χ4n) is 5.73. The summed E-state index contributed by atoms with van der Waals surface area (Å²) in [5, 5.41) is 13.8. The first-order chi connectivity index (χ1) is 16.6. The van der Waals surface area contributed by atoms with Crippen LogP contribution in [-0.4, -0.2) is 49.2 Å². The van der Waals surface area contributed by atoms with Crippen LogP contribution in [0, 0.1) is 5.92 Å². The van der Waals surface area contributed by atoms with Gasteiger partial charge in [-0.05, 0) is 42.7 Å². The number of hydrogen-bond donors (Lipinski definition) is 6. The summed E-state index contributed by atoms with van der Waals surface area (Å²) in [6.07, 6.45) is 2.37. The lowest BCUT2D eigenvalue weighted by Crippen LogP contribution is -2.71. The molecule has 2 amide bonds. The molecule has 4 saturated heterocycles. The van der Waals surface area contributed by atoms with Gasteiger partial charge in [-0.1, -0.05) is 30.3 Å². The van der Waals surface area contributed by atoms with Gasteiger partial charge >= 0.3 is 0 Å². The highest BCUT2D eigenvalue weighted by molar-refractivity contribution is 5.85. The van der Waals surface area contributed by atoms with Crippen LogP contribution in [0.25, 0.3) is 0 Å². The summed E-state index contributed by atoms with van der Waals surface area (Å²) in [5.74, 6) is -0.103. The normalized spacial score (nSPS) is 30.1. The van der Waals surface area contributed by atoms with E-state index in [2.05, 4.69) is 73.4 Å². The number of carbonyl (C=O) groups excluding carboxylic acids is 2. The summed E-state index contributed by atoms with van der Waals surface area (Å²) < 4.78 is 0. The Balaban J connectivity index is 1.15. The van der Waals surface area contributed by atoms with Crippen LogP contribution in [-0.2, 0) is 9.59 Å².